The molecule has 48 heavy (non-hydrogen) atoms. The summed E-state index contributed by atoms with van der Waals surface area (Å²) < 4.78 is 0. The van der Waals surface area contributed by atoms with Crippen LogP contribution in [0.2, 0.25) is 10.0 Å². The summed E-state index contributed by atoms with van der Waals surface area (Å²) in [5.74, 6) is -2.94. The Labute approximate surface area is 291 Å². The van der Waals surface area contributed by atoms with E-state index in [1.807, 2.05) is 98.8 Å². The predicted molar refractivity (Wildman–Crippen MR) is 194 cm³/mol. The Morgan fingerprint density at radius 3 is 2.31 bits per heavy atom. The van der Waals surface area contributed by atoms with Crippen LogP contribution in [0.3, 0.4) is 0 Å². The number of hydrogen-bond donors (Lipinski definition) is 2. The lowest BCUT2D eigenvalue weighted by Crippen LogP contribution is -2.50. The van der Waals surface area contributed by atoms with Gasteiger partial charge in [0.25, 0.3) is 5.91 Å². The average molecular weight is 682 g/mol. The predicted octanol–water partition coefficient (Wildman–Crippen LogP) is 7.83. The highest BCUT2D eigenvalue weighted by Crippen LogP contribution is 2.33. The number of carbonyl (C=O) groups is 3. The van der Waals surface area contributed by atoms with Crippen LogP contribution in [-0.4, -0.2) is 29.6 Å². The van der Waals surface area contributed by atoms with Crippen LogP contribution < -0.4 is 16.0 Å². The molecule has 0 saturated carbocycles. The maximum atomic E-state index is 14.6. The van der Waals surface area contributed by atoms with Crippen molar-refractivity contribution in [2.45, 2.75) is 39.4 Å². The van der Waals surface area contributed by atoms with Gasteiger partial charge in [-0.05, 0) is 54.2 Å². The lowest BCUT2D eigenvalue weighted by molar-refractivity contribution is -0.135. The summed E-state index contributed by atoms with van der Waals surface area (Å²) in [5.41, 5.74) is 11.0. The minimum Gasteiger partial charge on any atom is -0.369 e. The number of carbonyl (C=O) groups excluding carboxylic acids is 3. The molecule has 3 N–H and O–H groups in total. The molecule has 1 aliphatic rings. The Hall–Kier alpha value is -4.72. The van der Waals surface area contributed by atoms with E-state index in [4.69, 9.17) is 33.9 Å². The molecule has 9 heteroatoms. The Morgan fingerprint density at radius 1 is 0.917 bits per heavy atom. The molecule has 7 nitrogen and oxygen atoms in total. The summed E-state index contributed by atoms with van der Waals surface area (Å²) in [5, 5.41) is 3.97. The summed E-state index contributed by atoms with van der Waals surface area (Å²) in [4.78, 5) is 47.7. The number of allylic oxidation sites excluding steroid dienone is 1. The van der Waals surface area contributed by atoms with Gasteiger partial charge in [-0.2, -0.15) is 0 Å². The molecule has 5 rings (SSSR count). The van der Waals surface area contributed by atoms with Crippen molar-refractivity contribution in [3.05, 3.63) is 136 Å². The van der Waals surface area contributed by atoms with E-state index in [0.29, 0.717) is 27.9 Å². The van der Waals surface area contributed by atoms with Gasteiger partial charge in [-0.1, -0.05) is 116 Å². The molecule has 4 aromatic rings. The molecular weight excluding hydrogens is 643 g/mol. The molecule has 1 aliphatic heterocycles. The number of aliphatic imine (C=N–C) groups is 1. The monoisotopic (exact) mass is 680 g/mol. The normalized spacial score (nSPS) is 15.6. The van der Waals surface area contributed by atoms with Crippen LogP contribution in [0.25, 0.3) is 11.1 Å². The number of anilines is 1. The van der Waals surface area contributed by atoms with Crippen LogP contribution >= 0.6 is 23.2 Å². The number of primary amides is 1. The maximum absolute atomic E-state index is 14.6. The fraction of sp³-hybridized carbons (Fsp3) is 0.231. The third-order valence-corrected chi connectivity index (χ3v) is 8.93. The minimum absolute atomic E-state index is 0.0859. The lowest BCUT2D eigenvalue weighted by atomic mass is 9.82. The maximum Gasteiger partial charge on any atom is 0.272 e. The number of para-hydroxylation sites is 1. The van der Waals surface area contributed by atoms with Crippen LogP contribution in [-0.2, 0) is 20.9 Å². The number of benzodiazepines with no additional fused rings is 1. The number of nitrogens with two attached hydrogens (primary N) is 1. The van der Waals surface area contributed by atoms with Gasteiger partial charge in [0.05, 0.1) is 29.8 Å². The topological polar surface area (TPSA) is 105 Å². The van der Waals surface area contributed by atoms with E-state index in [-0.39, 0.29) is 18.9 Å². The summed E-state index contributed by atoms with van der Waals surface area (Å²) >= 11 is 12.7. The number of nitrogens with zero attached hydrogens (tertiary/aromatic N) is 2. The third-order valence-electron chi connectivity index (χ3n) is 8.38. The molecule has 0 bridgehead atoms. The van der Waals surface area contributed by atoms with Crippen molar-refractivity contribution in [3.8, 4) is 11.1 Å². The highest BCUT2D eigenvalue weighted by molar-refractivity contribution is 6.36. The van der Waals surface area contributed by atoms with Crippen molar-refractivity contribution in [2.75, 3.05) is 4.90 Å². The van der Waals surface area contributed by atoms with Crippen molar-refractivity contribution in [3.63, 3.8) is 0 Å². The van der Waals surface area contributed by atoms with Crippen LogP contribution in [0.4, 0.5) is 5.69 Å². The van der Waals surface area contributed by atoms with E-state index < -0.39 is 35.7 Å². The zero-order valence-corrected chi connectivity index (χ0v) is 28.4. The van der Waals surface area contributed by atoms with Crippen molar-refractivity contribution in [1.29, 1.82) is 0 Å². The first-order valence-electron chi connectivity index (χ1n) is 15.9. The largest absolute Gasteiger partial charge is 0.369 e. The number of hydrogen-bond acceptors (Lipinski definition) is 4. The molecule has 1 heterocycles. The molecular formula is C39H38Cl2N4O3. The summed E-state index contributed by atoms with van der Waals surface area (Å²) in [6.07, 6.45) is 0.944. The second kappa shape index (κ2) is 15.5. The van der Waals surface area contributed by atoms with Crippen molar-refractivity contribution in [1.82, 2.24) is 5.32 Å². The molecule has 3 amide bonds. The van der Waals surface area contributed by atoms with Gasteiger partial charge in [0.15, 0.2) is 0 Å². The Bertz CT molecular complexity index is 1860. The first-order valence-corrected chi connectivity index (χ1v) is 16.6. The zero-order valence-electron chi connectivity index (χ0n) is 26.9. The van der Waals surface area contributed by atoms with Crippen LogP contribution in [0.1, 0.15) is 43.4 Å². The van der Waals surface area contributed by atoms with E-state index in [1.54, 1.807) is 23.1 Å². The Morgan fingerprint density at radius 2 is 1.62 bits per heavy atom. The minimum atomic E-state index is -1.28. The van der Waals surface area contributed by atoms with Gasteiger partial charge in [-0.15, -0.1) is 6.58 Å². The van der Waals surface area contributed by atoms with E-state index in [0.717, 1.165) is 27.8 Å². The summed E-state index contributed by atoms with van der Waals surface area (Å²) in [6.45, 7) is 7.89. The highest BCUT2D eigenvalue weighted by Gasteiger charge is 2.37. The fourth-order valence-electron chi connectivity index (χ4n) is 6.12. The Balaban J connectivity index is 1.58. The second-order valence-corrected chi connectivity index (χ2v) is 13.1. The number of nitrogens with one attached hydrogen (secondary N) is 1. The molecule has 0 saturated heterocycles. The molecule has 0 radical (unpaired) electrons. The SMILES string of the molecule is C=CC[C@H](C(N)=O)[C@@H](CC(C)C)C(=O)NC1N=C(c2ccccc2)c2ccccc2N(Cc2cccc(-c3ccc(Cl)cc3Cl)c2)C1=O. The smallest absolute Gasteiger partial charge is 0.272 e. The van der Waals surface area contributed by atoms with Gasteiger partial charge in [0, 0.05) is 26.7 Å². The van der Waals surface area contributed by atoms with E-state index in [2.05, 4.69) is 11.9 Å². The van der Waals surface area contributed by atoms with Gasteiger partial charge < -0.3 is 16.0 Å². The Kier molecular flexibility index (Phi) is 11.1. The van der Waals surface area contributed by atoms with Crippen molar-refractivity contribution in [2.24, 2.45) is 28.5 Å². The zero-order chi connectivity index (χ0) is 34.4. The summed E-state index contributed by atoms with van der Waals surface area (Å²) in [7, 11) is 0. The van der Waals surface area contributed by atoms with Crippen LogP contribution in [0.5, 0.6) is 0 Å². The average Bonchev–Trinajstić information content (AvgIpc) is 3.17. The molecule has 0 aliphatic carbocycles. The number of fused-ring (bicyclic) bond motifs is 1. The van der Waals surface area contributed by atoms with Crippen LogP contribution in [0, 0.1) is 17.8 Å². The summed E-state index contributed by atoms with van der Waals surface area (Å²) in [6, 6.07) is 30.2. The molecule has 246 valence electrons. The quantitative estimate of drug-likeness (QED) is 0.149. The number of halogens is 2. The first-order chi connectivity index (χ1) is 23.1. The molecule has 3 atom stereocenters. The molecule has 0 spiro atoms. The first kappa shape index (κ1) is 34.6. The van der Waals surface area contributed by atoms with Crippen molar-refractivity contribution >= 4 is 52.3 Å². The van der Waals surface area contributed by atoms with Gasteiger partial charge >= 0.3 is 0 Å². The third kappa shape index (κ3) is 7.87. The fourth-order valence-corrected chi connectivity index (χ4v) is 6.64. The molecule has 4 aromatic carbocycles. The van der Waals surface area contributed by atoms with E-state index in [1.165, 1.54) is 0 Å². The number of amides is 3. The van der Waals surface area contributed by atoms with Gasteiger partial charge in [-0.3, -0.25) is 14.4 Å². The van der Waals surface area contributed by atoms with E-state index >= 15 is 0 Å². The van der Waals surface area contributed by atoms with Crippen molar-refractivity contribution < 1.29 is 14.4 Å². The van der Waals surface area contributed by atoms with E-state index in [9.17, 15) is 14.4 Å². The standard InChI is InChI=1S/C39H38Cl2N4O3/c1-4-11-30(36(42)46)32(20-24(2)3)38(47)44-37-39(48)45(23-25-12-10-15-27(21-25)29-19-18-28(40)22-33(29)41)34-17-9-8-16-31(34)35(43-37)26-13-6-5-7-14-26/h4-10,12-19,21-22,24,30,32,37H,1,11,20,23H2,2-3H3,(H2,42,46)(H,44,47)/t30-,32+,37?/m0/s1. The highest BCUT2D eigenvalue weighted by atomic mass is 35.5. The second-order valence-electron chi connectivity index (χ2n) is 12.3. The lowest BCUT2D eigenvalue weighted by Gasteiger charge is -2.28. The van der Waals surface area contributed by atoms with Gasteiger partial charge in [0.1, 0.15) is 0 Å². The number of rotatable bonds is 12. The number of benzene rings is 4. The molecule has 0 fully saturated rings. The van der Waals surface area contributed by atoms with Crippen LogP contribution in [0.15, 0.2) is 115 Å². The molecule has 0 aromatic heterocycles. The van der Waals surface area contributed by atoms with Gasteiger partial charge in [-0.25, -0.2) is 4.99 Å². The van der Waals surface area contributed by atoms with Gasteiger partial charge in [0.2, 0.25) is 18.0 Å². The molecule has 1 unspecified atom stereocenters.